The molecule has 0 saturated heterocycles. The van der Waals surface area contributed by atoms with Gasteiger partial charge in [0.15, 0.2) is 0 Å². The fourth-order valence-electron chi connectivity index (χ4n) is 1.67. The van der Waals surface area contributed by atoms with E-state index in [4.69, 9.17) is 10.5 Å². The molecule has 0 spiro atoms. The Balaban J connectivity index is 2.05. The predicted molar refractivity (Wildman–Crippen MR) is 82.6 cm³/mol. The van der Waals surface area contributed by atoms with Crippen LogP contribution in [0.2, 0.25) is 0 Å². The van der Waals surface area contributed by atoms with Crippen molar-refractivity contribution < 1.29 is 4.74 Å². The van der Waals surface area contributed by atoms with Crippen molar-refractivity contribution in [3.63, 3.8) is 0 Å². The third-order valence-corrected chi connectivity index (χ3v) is 4.77. The van der Waals surface area contributed by atoms with Crippen molar-refractivity contribution >= 4 is 27.7 Å². The minimum atomic E-state index is -0.159. The first-order valence-corrected chi connectivity index (χ1v) is 7.62. The molecular formula is C14H15BrN2OS. The molecule has 1 aromatic heterocycles. The summed E-state index contributed by atoms with van der Waals surface area (Å²) in [4.78, 5) is 5.48. The summed E-state index contributed by atoms with van der Waals surface area (Å²) < 4.78 is 6.36. The molecule has 2 aromatic rings. The summed E-state index contributed by atoms with van der Waals surface area (Å²) in [5, 5.41) is 0. The van der Waals surface area contributed by atoms with Crippen LogP contribution in [0.25, 0.3) is 0 Å². The maximum atomic E-state index is 6.19. The highest BCUT2D eigenvalue weighted by atomic mass is 79.9. The van der Waals surface area contributed by atoms with Crippen LogP contribution in [0.15, 0.2) is 52.0 Å². The van der Waals surface area contributed by atoms with Gasteiger partial charge in [-0.25, -0.2) is 0 Å². The van der Waals surface area contributed by atoms with E-state index >= 15 is 0 Å². The van der Waals surface area contributed by atoms with Crippen LogP contribution in [0.1, 0.15) is 11.7 Å². The maximum absolute atomic E-state index is 6.19. The Hall–Kier alpha value is -1.04. The minimum Gasteiger partial charge on any atom is -0.495 e. The first kappa shape index (κ1) is 14.4. The largest absolute Gasteiger partial charge is 0.495 e. The average Bonchev–Trinajstić information content (AvgIpc) is 2.46. The Labute approximate surface area is 125 Å². The third-order valence-electron chi connectivity index (χ3n) is 2.63. The van der Waals surface area contributed by atoms with Crippen LogP contribution in [0.3, 0.4) is 0 Å². The van der Waals surface area contributed by atoms with Gasteiger partial charge in [0.2, 0.25) is 0 Å². The minimum absolute atomic E-state index is 0.159. The summed E-state index contributed by atoms with van der Waals surface area (Å²) in [5.74, 6) is 1.48. The predicted octanol–water partition coefficient (Wildman–Crippen LogP) is 3.64. The molecule has 2 rings (SSSR count). The van der Waals surface area contributed by atoms with Gasteiger partial charge in [0.05, 0.1) is 18.8 Å². The van der Waals surface area contributed by atoms with Crippen molar-refractivity contribution in [2.24, 2.45) is 5.73 Å². The normalized spacial score (nSPS) is 12.2. The molecule has 0 radical (unpaired) electrons. The first-order valence-electron chi connectivity index (χ1n) is 5.84. The summed E-state index contributed by atoms with van der Waals surface area (Å²) in [6.45, 7) is 0. The molecule has 0 aliphatic carbocycles. The second-order valence-corrected chi connectivity index (χ2v) is 5.85. The lowest BCUT2D eigenvalue weighted by atomic mass is 10.2. The number of thioether (sulfide) groups is 1. The Bertz CT molecular complexity index is 550. The zero-order valence-electron chi connectivity index (χ0n) is 10.5. The summed E-state index contributed by atoms with van der Waals surface area (Å²) in [5.41, 5.74) is 6.99. The summed E-state index contributed by atoms with van der Waals surface area (Å²) >= 11 is 5.23. The molecule has 0 aliphatic heterocycles. The van der Waals surface area contributed by atoms with E-state index in [0.29, 0.717) is 0 Å². The fraction of sp³-hybridized carbons (Fsp3) is 0.214. The zero-order chi connectivity index (χ0) is 13.7. The summed E-state index contributed by atoms with van der Waals surface area (Å²) in [6.07, 6.45) is 1.74. The van der Waals surface area contributed by atoms with Crippen LogP contribution in [-0.4, -0.2) is 17.8 Å². The van der Waals surface area contributed by atoms with Gasteiger partial charge in [-0.3, -0.25) is 4.98 Å². The molecule has 0 aliphatic rings. The number of nitrogens with zero attached hydrogens (tertiary/aromatic N) is 1. The zero-order valence-corrected chi connectivity index (χ0v) is 12.9. The van der Waals surface area contributed by atoms with Crippen molar-refractivity contribution in [1.82, 2.24) is 4.98 Å². The highest BCUT2D eigenvalue weighted by Crippen LogP contribution is 2.31. The van der Waals surface area contributed by atoms with E-state index in [1.807, 2.05) is 30.3 Å². The highest BCUT2D eigenvalue weighted by molar-refractivity contribution is 9.10. The van der Waals surface area contributed by atoms with Crippen molar-refractivity contribution in [3.8, 4) is 5.75 Å². The Kier molecular flexibility index (Phi) is 5.24. The van der Waals surface area contributed by atoms with Crippen LogP contribution < -0.4 is 10.5 Å². The second kappa shape index (κ2) is 6.93. The quantitative estimate of drug-likeness (QED) is 0.845. The molecular weight excluding hydrogens is 324 g/mol. The monoisotopic (exact) mass is 338 g/mol. The van der Waals surface area contributed by atoms with Crippen LogP contribution in [0.5, 0.6) is 5.75 Å². The third kappa shape index (κ3) is 3.72. The molecule has 1 heterocycles. The lowest BCUT2D eigenvalue weighted by molar-refractivity contribution is 0.404. The van der Waals surface area contributed by atoms with E-state index in [-0.39, 0.29) is 6.04 Å². The molecule has 1 aromatic carbocycles. The van der Waals surface area contributed by atoms with E-state index in [2.05, 4.69) is 27.0 Å². The van der Waals surface area contributed by atoms with Crippen LogP contribution >= 0.6 is 27.7 Å². The highest BCUT2D eigenvalue weighted by Gasteiger charge is 2.14. The summed E-state index contributed by atoms with van der Waals surface area (Å²) in [6, 6.07) is 11.7. The van der Waals surface area contributed by atoms with Gasteiger partial charge in [-0.15, -0.1) is 11.8 Å². The van der Waals surface area contributed by atoms with Gasteiger partial charge in [0.1, 0.15) is 5.75 Å². The van der Waals surface area contributed by atoms with Crippen LogP contribution in [-0.2, 0) is 0 Å². The Morgan fingerprint density at radius 1 is 1.32 bits per heavy atom. The molecule has 3 nitrogen and oxygen atoms in total. The van der Waals surface area contributed by atoms with Gasteiger partial charge in [0.25, 0.3) is 0 Å². The van der Waals surface area contributed by atoms with E-state index in [9.17, 15) is 0 Å². The summed E-state index contributed by atoms with van der Waals surface area (Å²) in [7, 11) is 1.63. The number of benzene rings is 1. The SMILES string of the molecule is COc1cccnc1C(N)CSc1ccccc1Br. The molecule has 2 N–H and O–H groups in total. The number of ether oxygens (including phenoxy) is 1. The number of nitrogens with two attached hydrogens (primary N) is 1. The lowest BCUT2D eigenvalue weighted by Crippen LogP contribution is -2.15. The molecule has 19 heavy (non-hydrogen) atoms. The molecule has 1 atom stereocenters. The lowest BCUT2D eigenvalue weighted by Gasteiger charge is -2.14. The molecule has 0 fully saturated rings. The molecule has 0 saturated carbocycles. The van der Waals surface area contributed by atoms with Gasteiger partial charge in [-0.2, -0.15) is 0 Å². The molecule has 0 bridgehead atoms. The fourth-order valence-corrected chi connectivity index (χ4v) is 3.20. The standard InChI is InChI=1S/C14H15BrN2OS/c1-18-12-6-4-8-17-14(12)11(16)9-19-13-7-3-2-5-10(13)15/h2-8,11H,9,16H2,1H3. The van der Waals surface area contributed by atoms with Gasteiger partial charge in [0, 0.05) is 21.3 Å². The Morgan fingerprint density at radius 2 is 2.11 bits per heavy atom. The van der Waals surface area contributed by atoms with Gasteiger partial charge >= 0.3 is 0 Å². The smallest absolute Gasteiger partial charge is 0.142 e. The second-order valence-electron chi connectivity index (χ2n) is 3.94. The Morgan fingerprint density at radius 3 is 2.84 bits per heavy atom. The number of rotatable bonds is 5. The van der Waals surface area contributed by atoms with Gasteiger partial charge in [-0.1, -0.05) is 12.1 Å². The number of methoxy groups -OCH3 is 1. The van der Waals surface area contributed by atoms with Crippen molar-refractivity contribution in [3.05, 3.63) is 52.8 Å². The van der Waals surface area contributed by atoms with E-state index < -0.39 is 0 Å². The number of aromatic nitrogens is 1. The first-order chi connectivity index (χ1) is 9.22. The topological polar surface area (TPSA) is 48.1 Å². The van der Waals surface area contributed by atoms with Gasteiger partial charge < -0.3 is 10.5 Å². The molecule has 5 heteroatoms. The van der Waals surface area contributed by atoms with Gasteiger partial charge in [-0.05, 0) is 40.2 Å². The van der Waals surface area contributed by atoms with E-state index in [1.54, 1.807) is 25.1 Å². The molecule has 100 valence electrons. The molecule has 0 amide bonds. The number of pyridine rings is 1. The van der Waals surface area contributed by atoms with Crippen LogP contribution in [0.4, 0.5) is 0 Å². The van der Waals surface area contributed by atoms with Crippen molar-refractivity contribution in [2.75, 3.05) is 12.9 Å². The van der Waals surface area contributed by atoms with E-state index in [1.165, 1.54) is 4.90 Å². The molecule has 1 unspecified atom stereocenters. The number of halogens is 1. The maximum Gasteiger partial charge on any atom is 0.142 e. The van der Waals surface area contributed by atoms with Crippen molar-refractivity contribution in [2.45, 2.75) is 10.9 Å². The average molecular weight is 339 g/mol. The van der Waals surface area contributed by atoms with E-state index in [0.717, 1.165) is 21.7 Å². The number of hydrogen-bond acceptors (Lipinski definition) is 4. The van der Waals surface area contributed by atoms with Crippen molar-refractivity contribution in [1.29, 1.82) is 0 Å². The van der Waals surface area contributed by atoms with Crippen LogP contribution in [0, 0.1) is 0 Å². The number of hydrogen-bond donors (Lipinski definition) is 1.